The lowest BCUT2D eigenvalue weighted by atomic mass is 9.93. The van der Waals surface area contributed by atoms with Crippen LogP contribution in [0, 0.1) is 0 Å². The number of amides is 2. The van der Waals surface area contributed by atoms with E-state index < -0.39 is 5.97 Å². The smallest absolute Gasteiger partial charge is 0.330 e. The number of aryl methyl sites for hydroxylation is 1. The second kappa shape index (κ2) is 7.76. The molecular formula is C16H22N4O4. The summed E-state index contributed by atoms with van der Waals surface area (Å²) in [6.07, 6.45) is 5.59. The molecule has 0 aromatic carbocycles. The van der Waals surface area contributed by atoms with Crippen LogP contribution in [0.4, 0.5) is 0 Å². The lowest BCUT2D eigenvalue weighted by Crippen LogP contribution is -2.32. The van der Waals surface area contributed by atoms with Crippen molar-refractivity contribution in [3.8, 4) is 0 Å². The van der Waals surface area contributed by atoms with E-state index in [0.717, 1.165) is 37.2 Å². The second-order valence-corrected chi connectivity index (χ2v) is 5.81. The minimum atomic E-state index is -0.584. The molecule has 8 nitrogen and oxygen atoms in total. The number of fused-ring (bicyclic) bond motifs is 1. The van der Waals surface area contributed by atoms with Gasteiger partial charge in [-0.1, -0.05) is 0 Å². The number of carbonyl (C=O) groups excluding carboxylic acids is 3. The summed E-state index contributed by atoms with van der Waals surface area (Å²) in [5, 5.41) is 7.05. The summed E-state index contributed by atoms with van der Waals surface area (Å²) in [6, 6.07) is 0. The Morgan fingerprint density at radius 1 is 1.42 bits per heavy atom. The highest BCUT2D eigenvalue weighted by Gasteiger charge is 2.28. The topological polar surface area (TPSA) is 93.5 Å². The van der Waals surface area contributed by atoms with Crippen LogP contribution in [0.1, 0.15) is 34.8 Å². The average molecular weight is 334 g/mol. The molecule has 0 saturated carbocycles. The van der Waals surface area contributed by atoms with Crippen LogP contribution in [0.3, 0.4) is 0 Å². The highest BCUT2D eigenvalue weighted by molar-refractivity contribution is 5.95. The molecule has 0 spiro atoms. The van der Waals surface area contributed by atoms with Crippen molar-refractivity contribution < 1.29 is 19.1 Å². The maximum atomic E-state index is 12.3. The summed E-state index contributed by atoms with van der Waals surface area (Å²) in [6.45, 7) is 1.15. The number of methoxy groups -OCH3 is 1. The van der Waals surface area contributed by atoms with E-state index in [9.17, 15) is 14.4 Å². The Balaban J connectivity index is 2.08. The summed E-state index contributed by atoms with van der Waals surface area (Å²) in [5.41, 5.74) is 1.43. The van der Waals surface area contributed by atoms with E-state index in [0.29, 0.717) is 12.1 Å². The van der Waals surface area contributed by atoms with Crippen LogP contribution in [0.2, 0.25) is 0 Å². The SMILES string of the molecule is COC(=O)/C=C/C(=O)NCC1CCCn2ncc(C(=O)N(C)C)c21. The predicted octanol–water partition coefficient (Wildman–Crippen LogP) is 0.308. The van der Waals surface area contributed by atoms with Gasteiger partial charge in [-0.2, -0.15) is 5.10 Å². The minimum Gasteiger partial charge on any atom is -0.466 e. The third-order valence-electron chi connectivity index (χ3n) is 3.92. The van der Waals surface area contributed by atoms with Crippen LogP contribution < -0.4 is 5.32 Å². The van der Waals surface area contributed by atoms with Gasteiger partial charge in [0.05, 0.1) is 24.6 Å². The number of hydrogen-bond donors (Lipinski definition) is 1. The quantitative estimate of drug-likeness (QED) is 0.618. The zero-order valence-electron chi connectivity index (χ0n) is 14.1. The van der Waals surface area contributed by atoms with Crippen molar-refractivity contribution >= 4 is 17.8 Å². The first-order chi connectivity index (χ1) is 11.4. The maximum absolute atomic E-state index is 12.3. The Morgan fingerprint density at radius 2 is 2.17 bits per heavy atom. The van der Waals surface area contributed by atoms with Crippen molar-refractivity contribution in [3.63, 3.8) is 0 Å². The molecule has 2 amide bonds. The van der Waals surface area contributed by atoms with E-state index in [1.165, 1.54) is 12.0 Å². The Bertz CT molecular complexity index is 663. The lowest BCUT2D eigenvalue weighted by Gasteiger charge is -2.25. The van der Waals surface area contributed by atoms with E-state index in [1.807, 2.05) is 4.68 Å². The van der Waals surface area contributed by atoms with Crippen molar-refractivity contribution in [1.82, 2.24) is 20.0 Å². The summed E-state index contributed by atoms with van der Waals surface area (Å²) in [7, 11) is 4.64. The van der Waals surface area contributed by atoms with E-state index in [2.05, 4.69) is 15.2 Å². The summed E-state index contributed by atoms with van der Waals surface area (Å²) < 4.78 is 6.27. The zero-order chi connectivity index (χ0) is 17.7. The summed E-state index contributed by atoms with van der Waals surface area (Å²) in [4.78, 5) is 36.6. The van der Waals surface area contributed by atoms with Crippen molar-refractivity contribution in [3.05, 3.63) is 29.6 Å². The summed E-state index contributed by atoms with van der Waals surface area (Å²) >= 11 is 0. The molecule has 130 valence electrons. The standard InChI is InChI=1S/C16H22N4O4/c1-19(2)16(23)12-10-18-20-8-4-5-11(15(12)20)9-17-13(21)6-7-14(22)24-3/h6-7,10-11H,4-5,8-9H2,1-3H3,(H,17,21)/b7-6+. The van der Waals surface area contributed by atoms with Crippen molar-refractivity contribution in [2.24, 2.45) is 0 Å². The number of nitrogens with one attached hydrogen (secondary N) is 1. The zero-order valence-corrected chi connectivity index (χ0v) is 14.1. The van der Waals surface area contributed by atoms with E-state index in [1.54, 1.807) is 20.3 Å². The fourth-order valence-electron chi connectivity index (χ4n) is 2.73. The first-order valence-electron chi connectivity index (χ1n) is 7.75. The normalized spacial score (nSPS) is 16.5. The van der Waals surface area contributed by atoms with Gasteiger partial charge < -0.3 is 15.0 Å². The van der Waals surface area contributed by atoms with Crippen molar-refractivity contribution in [1.29, 1.82) is 0 Å². The highest BCUT2D eigenvalue weighted by atomic mass is 16.5. The molecule has 0 saturated heterocycles. The molecule has 1 aromatic heterocycles. The number of hydrogen-bond acceptors (Lipinski definition) is 5. The van der Waals surface area contributed by atoms with Crippen LogP contribution in [0.5, 0.6) is 0 Å². The van der Waals surface area contributed by atoms with E-state index >= 15 is 0 Å². The van der Waals surface area contributed by atoms with Crippen LogP contribution >= 0.6 is 0 Å². The van der Waals surface area contributed by atoms with Crippen LogP contribution in [0.25, 0.3) is 0 Å². The van der Waals surface area contributed by atoms with Crippen LogP contribution in [-0.4, -0.2) is 60.2 Å². The Morgan fingerprint density at radius 3 is 2.83 bits per heavy atom. The number of rotatable bonds is 5. The van der Waals surface area contributed by atoms with Crippen LogP contribution in [-0.2, 0) is 20.9 Å². The number of ether oxygens (including phenoxy) is 1. The fraction of sp³-hybridized carbons (Fsp3) is 0.500. The third kappa shape index (κ3) is 4.01. The Hall–Kier alpha value is -2.64. The van der Waals surface area contributed by atoms with Gasteiger partial charge in [0, 0.05) is 45.3 Å². The molecule has 24 heavy (non-hydrogen) atoms. The van der Waals surface area contributed by atoms with Gasteiger partial charge in [0.1, 0.15) is 0 Å². The van der Waals surface area contributed by atoms with Gasteiger partial charge in [0.2, 0.25) is 5.91 Å². The molecule has 0 radical (unpaired) electrons. The molecule has 1 unspecified atom stereocenters. The Labute approximate surface area is 140 Å². The molecule has 2 rings (SSSR count). The van der Waals surface area contributed by atoms with Crippen molar-refractivity contribution in [2.45, 2.75) is 25.3 Å². The molecule has 0 aliphatic carbocycles. The average Bonchev–Trinajstić information content (AvgIpc) is 3.01. The van der Waals surface area contributed by atoms with E-state index in [4.69, 9.17) is 0 Å². The van der Waals surface area contributed by atoms with Gasteiger partial charge in [-0.05, 0) is 12.8 Å². The fourth-order valence-corrected chi connectivity index (χ4v) is 2.73. The number of nitrogens with zero attached hydrogens (tertiary/aromatic N) is 3. The van der Waals surface area contributed by atoms with Gasteiger partial charge in [0.25, 0.3) is 5.91 Å². The van der Waals surface area contributed by atoms with Gasteiger partial charge >= 0.3 is 5.97 Å². The maximum Gasteiger partial charge on any atom is 0.330 e. The molecule has 0 bridgehead atoms. The molecular weight excluding hydrogens is 312 g/mol. The highest BCUT2D eigenvalue weighted by Crippen LogP contribution is 2.29. The predicted molar refractivity (Wildman–Crippen MR) is 86.4 cm³/mol. The largest absolute Gasteiger partial charge is 0.466 e. The van der Waals surface area contributed by atoms with Gasteiger partial charge in [-0.25, -0.2) is 4.79 Å². The number of carbonyl (C=O) groups is 3. The first kappa shape index (κ1) is 17.7. The molecule has 1 aliphatic heterocycles. The molecule has 1 N–H and O–H groups in total. The number of aromatic nitrogens is 2. The molecule has 1 aromatic rings. The molecule has 8 heteroatoms. The van der Waals surface area contributed by atoms with E-state index in [-0.39, 0.29) is 17.7 Å². The third-order valence-corrected chi connectivity index (χ3v) is 3.92. The molecule has 1 aliphatic rings. The van der Waals surface area contributed by atoms with Crippen LogP contribution in [0.15, 0.2) is 18.3 Å². The lowest BCUT2D eigenvalue weighted by molar-refractivity contribution is -0.135. The van der Waals surface area contributed by atoms with Gasteiger partial charge in [-0.3, -0.25) is 14.3 Å². The van der Waals surface area contributed by atoms with Gasteiger partial charge in [-0.15, -0.1) is 0 Å². The molecule has 1 atom stereocenters. The monoisotopic (exact) mass is 334 g/mol. The minimum absolute atomic E-state index is 0.00984. The van der Waals surface area contributed by atoms with Crippen molar-refractivity contribution in [2.75, 3.05) is 27.7 Å². The summed E-state index contributed by atoms with van der Waals surface area (Å²) in [5.74, 6) is -1.05. The second-order valence-electron chi connectivity index (χ2n) is 5.81. The number of esters is 1. The first-order valence-corrected chi connectivity index (χ1v) is 7.75. The Kier molecular flexibility index (Phi) is 5.73. The molecule has 2 heterocycles. The molecule has 0 fully saturated rings. The van der Waals surface area contributed by atoms with Gasteiger partial charge in [0.15, 0.2) is 0 Å².